The highest BCUT2D eigenvalue weighted by molar-refractivity contribution is 9.10. The van der Waals surface area contributed by atoms with Gasteiger partial charge in [-0.3, -0.25) is 5.32 Å². The van der Waals surface area contributed by atoms with Gasteiger partial charge in [-0.25, -0.2) is 9.18 Å². The molecule has 0 aliphatic rings. The second-order valence-corrected chi connectivity index (χ2v) is 3.38. The molecule has 0 aliphatic carbocycles. The lowest BCUT2D eigenvalue weighted by molar-refractivity contribution is 0.176. The summed E-state index contributed by atoms with van der Waals surface area (Å²) in [5.74, 6) is 1.69. The first-order valence-electron chi connectivity index (χ1n) is 3.96. The number of amides is 1. The zero-order valence-electron chi connectivity index (χ0n) is 7.59. The van der Waals surface area contributed by atoms with Crippen molar-refractivity contribution >= 4 is 27.7 Å². The van der Waals surface area contributed by atoms with Crippen LogP contribution >= 0.6 is 15.9 Å². The van der Waals surface area contributed by atoms with E-state index in [0.717, 1.165) is 0 Å². The maximum absolute atomic E-state index is 12.8. The van der Waals surface area contributed by atoms with Crippen molar-refractivity contribution < 1.29 is 13.9 Å². The molecule has 3 nitrogen and oxygen atoms in total. The molecule has 1 aromatic carbocycles. The topological polar surface area (TPSA) is 38.3 Å². The van der Waals surface area contributed by atoms with E-state index < -0.39 is 11.9 Å². The molecule has 0 bridgehead atoms. The number of hydrogen-bond acceptors (Lipinski definition) is 2. The minimum absolute atomic E-state index is 0.126. The Bertz CT molecular complexity index is 414. The molecule has 1 amide bonds. The van der Waals surface area contributed by atoms with Gasteiger partial charge in [-0.05, 0) is 34.1 Å². The Labute approximate surface area is 94.7 Å². The number of carbonyl (C=O) groups is 1. The Hall–Kier alpha value is -1.54. The fourth-order valence-electron chi connectivity index (χ4n) is 0.847. The van der Waals surface area contributed by atoms with E-state index in [1.165, 1.54) is 18.2 Å². The first kappa shape index (κ1) is 11.5. The Morgan fingerprint density at radius 2 is 2.40 bits per heavy atom. The summed E-state index contributed by atoms with van der Waals surface area (Å²) in [6, 6.07) is 3.91. The molecule has 0 radical (unpaired) electrons. The molecule has 0 heterocycles. The second kappa shape index (κ2) is 5.37. The number of rotatable bonds is 2. The number of benzene rings is 1. The highest BCUT2D eigenvalue weighted by atomic mass is 79.9. The average molecular weight is 272 g/mol. The van der Waals surface area contributed by atoms with E-state index in [0.29, 0.717) is 4.47 Å². The Morgan fingerprint density at radius 3 is 3.07 bits per heavy atom. The molecule has 0 atom stereocenters. The van der Waals surface area contributed by atoms with Gasteiger partial charge in [0.15, 0.2) is 6.61 Å². The molecule has 1 N–H and O–H groups in total. The van der Waals surface area contributed by atoms with Gasteiger partial charge in [0.2, 0.25) is 0 Å². The molecule has 0 unspecified atom stereocenters. The van der Waals surface area contributed by atoms with E-state index in [4.69, 9.17) is 6.42 Å². The molecule has 5 heteroatoms. The van der Waals surface area contributed by atoms with Gasteiger partial charge in [-0.15, -0.1) is 6.42 Å². The Balaban J connectivity index is 2.68. The molecule has 15 heavy (non-hydrogen) atoms. The fourth-order valence-corrected chi connectivity index (χ4v) is 1.19. The predicted molar refractivity (Wildman–Crippen MR) is 57.9 cm³/mol. The SMILES string of the molecule is C#CCOC(=O)Nc1cc(F)ccc1Br. The van der Waals surface area contributed by atoms with Gasteiger partial charge in [-0.2, -0.15) is 0 Å². The van der Waals surface area contributed by atoms with Gasteiger partial charge in [0.05, 0.1) is 5.69 Å². The van der Waals surface area contributed by atoms with Gasteiger partial charge in [0.1, 0.15) is 5.82 Å². The fraction of sp³-hybridized carbons (Fsp3) is 0.100. The van der Waals surface area contributed by atoms with Crippen molar-refractivity contribution in [3.8, 4) is 12.3 Å². The van der Waals surface area contributed by atoms with Crippen molar-refractivity contribution in [2.24, 2.45) is 0 Å². The lowest BCUT2D eigenvalue weighted by Crippen LogP contribution is -2.14. The first-order chi connectivity index (χ1) is 7.13. The number of terminal acetylenes is 1. The van der Waals surface area contributed by atoms with Crippen molar-refractivity contribution in [2.45, 2.75) is 0 Å². The van der Waals surface area contributed by atoms with Gasteiger partial charge < -0.3 is 4.74 Å². The van der Waals surface area contributed by atoms with Crippen molar-refractivity contribution in [1.29, 1.82) is 0 Å². The summed E-state index contributed by atoms with van der Waals surface area (Å²) in [7, 11) is 0. The van der Waals surface area contributed by atoms with Crippen LogP contribution in [-0.4, -0.2) is 12.7 Å². The first-order valence-corrected chi connectivity index (χ1v) is 4.75. The third kappa shape index (κ3) is 3.60. The summed E-state index contributed by atoms with van der Waals surface area (Å²) in [5.41, 5.74) is 0.289. The predicted octanol–water partition coefficient (Wildman–Crippen LogP) is 2.77. The average Bonchev–Trinajstić information content (AvgIpc) is 2.20. The monoisotopic (exact) mass is 271 g/mol. The highest BCUT2D eigenvalue weighted by Crippen LogP contribution is 2.22. The van der Waals surface area contributed by atoms with E-state index >= 15 is 0 Å². The lowest BCUT2D eigenvalue weighted by Gasteiger charge is -2.06. The Morgan fingerprint density at radius 1 is 1.67 bits per heavy atom. The standard InChI is InChI=1S/C10H7BrFNO2/c1-2-5-15-10(14)13-9-6-7(12)3-4-8(9)11/h1,3-4,6H,5H2,(H,13,14). The molecule has 1 aromatic rings. The normalized spacial score (nSPS) is 9.13. The summed E-state index contributed by atoms with van der Waals surface area (Å²) in [6.45, 7) is -0.126. The summed E-state index contributed by atoms with van der Waals surface area (Å²) in [6.07, 6.45) is 4.18. The molecule has 0 fully saturated rings. The molecule has 0 aromatic heterocycles. The molecular formula is C10H7BrFNO2. The lowest BCUT2D eigenvalue weighted by atomic mass is 10.3. The van der Waals surface area contributed by atoms with Gasteiger partial charge in [0.25, 0.3) is 0 Å². The van der Waals surface area contributed by atoms with Gasteiger partial charge >= 0.3 is 6.09 Å². The van der Waals surface area contributed by atoms with Crippen LogP contribution in [-0.2, 0) is 4.74 Å². The number of anilines is 1. The van der Waals surface area contributed by atoms with Gasteiger partial charge in [0, 0.05) is 4.47 Å². The molecule has 0 saturated heterocycles. The van der Waals surface area contributed by atoms with Crippen molar-refractivity contribution in [3.63, 3.8) is 0 Å². The summed E-state index contributed by atoms with van der Waals surface area (Å²) in [5, 5.41) is 2.34. The molecule has 0 saturated carbocycles. The molecule has 1 rings (SSSR count). The van der Waals surface area contributed by atoms with Crippen molar-refractivity contribution in [2.75, 3.05) is 11.9 Å². The van der Waals surface area contributed by atoms with E-state index in [1.807, 2.05) is 0 Å². The maximum Gasteiger partial charge on any atom is 0.412 e. The zero-order valence-corrected chi connectivity index (χ0v) is 9.17. The third-order valence-corrected chi connectivity index (χ3v) is 2.14. The zero-order chi connectivity index (χ0) is 11.3. The number of hydrogen-bond donors (Lipinski definition) is 1. The van der Waals surface area contributed by atoms with Crippen molar-refractivity contribution in [1.82, 2.24) is 0 Å². The summed E-state index contributed by atoms with van der Waals surface area (Å²) >= 11 is 3.15. The van der Waals surface area contributed by atoms with E-state index in [9.17, 15) is 9.18 Å². The molecule has 78 valence electrons. The smallest absolute Gasteiger partial charge is 0.412 e. The number of carbonyl (C=O) groups excluding carboxylic acids is 1. The van der Waals surface area contributed by atoms with Gasteiger partial charge in [-0.1, -0.05) is 5.92 Å². The van der Waals surface area contributed by atoms with Crippen LogP contribution in [0.1, 0.15) is 0 Å². The second-order valence-electron chi connectivity index (χ2n) is 2.53. The maximum atomic E-state index is 12.8. The van der Waals surface area contributed by atoms with Crippen LogP contribution in [0.2, 0.25) is 0 Å². The summed E-state index contributed by atoms with van der Waals surface area (Å²) in [4.78, 5) is 11.1. The Kier molecular flexibility index (Phi) is 4.13. The van der Waals surface area contributed by atoms with E-state index in [2.05, 4.69) is 31.9 Å². The minimum atomic E-state index is -0.723. The number of ether oxygens (including phenoxy) is 1. The van der Waals surface area contributed by atoms with Crippen LogP contribution in [0.4, 0.5) is 14.9 Å². The number of nitrogens with one attached hydrogen (secondary N) is 1. The van der Waals surface area contributed by atoms with Crippen LogP contribution < -0.4 is 5.32 Å². The van der Waals surface area contributed by atoms with Crippen molar-refractivity contribution in [3.05, 3.63) is 28.5 Å². The number of halogens is 2. The third-order valence-electron chi connectivity index (χ3n) is 1.45. The van der Waals surface area contributed by atoms with Crippen LogP contribution in [0.15, 0.2) is 22.7 Å². The van der Waals surface area contributed by atoms with E-state index in [1.54, 1.807) is 0 Å². The largest absolute Gasteiger partial charge is 0.436 e. The molecule has 0 aliphatic heterocycles. The quantitative estimate of drug-likeness (QED) is 0.841. The van der Waals surface area contributed by atoms with Crippen LogP contribution in [0.3, 0.4) is 0 Å². The van der Waals surface area contributed by atoms with E-state index in [-0.39, 0.29) is 12.3 Å². The summed E-state index contributed by atoms with van der Waals surface area (Å²) < 4.78 is 17.9. The van der Waals surface area contributed by atoms with Crippen LogP contribution in [0.5, 0.6) is 0 Å². The molecular weight excluding hydrogens is 265 g/mol. The van der Waals surface area contributed by atoms with Crippen LogP contribution in [0.25, 0.3) is 0 Å². The van der Waals surface area contributed by atoms with Crippen LogP contribution in [0, 0.1) is 18.2 Å². The molecule has 0 spiro atoms. The minimum Gasteiger partial charge on any atom is -0.436 e. The highest BCUT2D eigenvalue weighted by Gasteiger charge is 2.06.